The fourth-order valence-electron chi connectivity index (χ4n) is 2.86. The van der Waals surface area contributed by atoms with Crippen LogP contribution in [0.1, 0.15) is 37.8 Å². The van der Waals surface area contributed by atoms with Crippen molar-refractivity contribution in [3.8, 4) is 0 Å². The maximum Gasteiger partial charge on any atom is 0.310 e. The van der Waals surface area contributed by atoms with Crippen LogP contribution in [0.3, 0.4) is 0 Å². The highest BCUT2D eigenvalue weighted by Crippen LogP contribution is 2.41. The number of hydrogen-bond acceptors (Lipinski definition) is 3. The molecule has 1 heterocycles. The van der Waals surface area contributed by atoms with Crippen molar-refractivity contribution in [3.05, 3.63) is 18.0 Å². The quantitative estimate of drug-likeness (QED) is 0.817. The van der Waals surface area contributed by atoms with Crippen LogP contribution >= 0.6 is 0 Å². The van der Waals surface area contributed by atoms with Crippen molar-refractivity contribution in [3.63, 3.8) is 0 Å². The predicted molar refractivity (Wildman–Crippen MR) is 73.1 cm³/mol. The zero-order valence-corrected chi connectivity index (χ0v) is 11.8. The molecule has 6 nitrogen and oxygen atoms in total. The molecule has 1 amide bonds. The van der Waals surface area contributed by atoms with E-state index in [1.54, 1.807) is 10.9 Å². The molecule has 1 saturated carbocycles. The summed E-state index contributed by atoms with van der Waals surface area (Å²) in [5, 5.41) is 16.2. The normalized spacial score (nSPS) is 17.1. The number of aromatic nitrogens is 2. The Kier molecular flexibility index (Phi) is 4.42. The molecule has 20 heavy (non-hydrogen) atoms. The van der Waals surface area contributed by atoms with E-state index in [4.69, 9.17) is 0 Å². The van der Waals surface area contributed by atoms with E-state index in [9.17, 15) is 14.7 Å². The van der Waals surface area contributed by atoms with E-state index in [2.05, 4.69) is 10.4 Å². The van der Waals surface area contributed by atoms with Crippen LogP contribution in [-0.2, 0) is 23.1 Å². The van der Waals surface area contributed by atoms with Crippen LogP contribution in [-0.4, -0.2) is 33.3 Å². The van der Waals surface area contributed by atoms with Crippen molar-refractivity contribution in [1.29, 1.82) is 0 Å². The van der Waals surface area contributed by atoms with E-state index < -0.39 is 11.4 Å². The Balaban J connectivity index is 1.80. The zero-order valence-electron chi connectivity index (χ0n) is 11.8. The molecule has 0 radical (unpaired) electrons. The molecule has 0 aromatic carbocycles. The van der Waals surface area contributed by atoms with Gasteiger partial charge < -0.3 is 10.4 Å². The molecule has 0 saturated heterocycles. The Morgan fingerprint density at radius 3 is 2.70 bits per heavy atom. The molecule has 1 aliphatic rings. The van der Waals surface area contributed by atoms with Gasteiger partial charge in [-0.2, -0.15) is 5.10 Å². The van der Waals surface area contributed by atoms with Gasteiger partial charge in [-0.15, -0.1) is 0 Å². The molecule has 0 aliphatic heterocycles. The van der Waals surface area contributed by atoms with Crippen molar-refractivity contribution in [2.45, 2.75) is 38.5 Å². The van der Waals surface area contributed by atoms with Gasteiger partial charge >= 0.3 is 5.97 Å². The second kappa shape index (κ2) is 6.07. The number of carboxylic acids is 1. The van der Waals surface area contributed by atoms with E-state index in [-0.39, 0.29) is 12.3 Å². The minimum absolute atomic E-state index is 0.0910. The van der Waals surface area contributed by atoms with Gasteiger partial charge in [-0.05, 0) is 18.9 Å². The average Bonchev–Trinajstić information content (AvgIpc) is 3.00. The molecule has 1 aromatic heterocycles. The third-order valence-corrected chi connectivity index (χ3v) is 4.14. The highest BCUT2D eigenvalue weighted by Gasteiger charge is 2.42. The van der Waals surface area contributed by atoms with Crippen molar-refractivity contribution >= 4 is 11.9 Å². The molecule has 0 spiro atoms. The molecule has 2 N–H and O–H groups in total. The number of rotatable bonds is 6. The van der Waals surface area contributed by atoms with Gasteiger partial charge in [0.15, 0.2) is 0 Å². The maximum atomic E-state index is 11.9. The summed E-state index contributed by atoms with van der Waals surface area (Å²) in [6.45, 7) is 0.508. The van der Waals surface area contributed by atoms with Crippen LogP contribution in [0.5, 0.6) is 0 Å². The number of amides is 1. The first kappa shape index (κ1) is 14.6. The fourth-order valence-corrected chi connectivity index (χ4v) is 2.86. The van der Waals surface area contributed by atoms with Crippen LogP contribution in [0.25, 0.3) is 0 Å². The lowest BCUT2D eigenvalue weighted by molar-refractivity contribution is -0.151. The third-order valence-electron chi connectivity index (χ3n) is 4.14. The minimum atomic E-state index is -0.837. The van der Waals surface area contributed by atoms with Gasteiger partial charge in [-0.1, -0.05) is 12.8 Å². The summed E-state index contributed by atoms with van der Waals surface area (Å²) in [5.41, 5.74) is 0.204. The molecule has 0 unspecified atom stereocenters. The molecule has 6 heteroatoms. The second-order valence-corrected chi connectivity index (χ2v) is 5.52. The van der Waals surface area contributed by atoms with Crippen LogP contribution < -0.4 is 5.32 Å². The first-order valence-corrected chi connectivity index (χ1v) is 7.00. The number of carboxylic acid groups (broad SMARTS) is 1. The van der Waals surface area contributed by atoms with Crippen LogP contribution in [0.15, 0.2) is 12.3 Å². The van der Waals surface area contributed by atoms with Crippen LogP contribution in [0.4, 0.5) is 0 Å². The van der Waals surface area contributed by atoms with E-state index in [0.29, 0.717) is 25.8 Å². The van der Waals surface area contributed by atoms with Gasteiger partial charge in [-0.25, -0.2) is 0 Å². The molecule has 110 valence electrons. The summed E-state index contributed by atoms with van der Waals surface area (Å²) in [6.07, 6.45) is 5.52. The molecular weight excluding hydrogens is 258 g/mol. The molecule has 1 fully saturated rings. The maximum absolute atomic E-state index is 11.9. The first-order chi connectivity index (χ1) is 9.53. The summed E-state index contributed by atoms with van der Waals surface area (Å²) in [4.78, 5) is 23.3. The zero-order chi connectivity index (χ0) is 14.6. The largest absolute Gasteiger partial charge is 0.481 e. The number of carbonyl (C=O) groups excluding carboxylic acids is 1. The van der Waals surface area contributed by atoms with E-state index in [1.165, 1.54) is 0 Å². The average molecular weight is 279 g/mol. The molecule has 0 bridgehead atoms. The first-order valence-electron chi connectivity index (χ1n) is 7.00. The highest BCUT2D eigenvalue weighted by atomic mass is 16.4. The van der Waals surface area contributed by atoms with Crippen LogP contribution in [0, 0.1) is 5.41 Å². The molecular formula is C14H21N3O3. The predicted octanol–water partition coefficient (Wildman–Crippen LogP) is 1.11. The number of nitrogens with zero attached hydrogens (tertiary/aromatic N) is 2. The molecule has 1 aliphatic carbocycles. The van der Waals surface area contributed by atoms with E-state index in [1.807, 2.05) is 13.1 Å². The van der Waals surface area contributed by atoms with Crippen molar-refractivity contribution in [2.75, 3.05) is 6.54 Å². The van der Waals surface area contributed by atoms with Gasteiger partial charge in [0.1, 0.15) is 0 Å². The summed E-state index contributed by atoms with van der Waals surface area (Å²) in [6, 6.07) is 1.90. The summed E-state index contributed by atoms with van der Waals surface area (Å²) in [5.74, 6) is -1.01. The van der Waals surface area contributed by atoms with Crippen molar-refractivity contribution in [2.24, 2.45) is 12.5 Å². The summed E-state index contributed by atoms with van der Waals surface area (Å²) < 4.78 is 1.77. The van der Waals surface area contributed by atoms with Gasteiger partial charge in [0, 0.05) is 38.3 Å². The number of nitrogens with one attached hydrogen (secondary N) is 1. The fraction of sp³-hybridized carbons (Fsp3) is 0.643. The Labute approximate surface area is 118 Å². The lowest BCUT2D eigenvalue weighted by Crippen LogP contribution is -2.36. The van der Waals surface area contributed by atoms with Crippen molar-refractivity contribution < 1.29 is 14.7 Å². The number of carbonyl (C=O) groups is 2. The van der Waals surface area contributed by atoms with E-state index in [0.717, 1.165) is 18.5 Å². The third kappa shape index (κ3) is 3.18. The highest BCUT2D eigenvalue weighted by molar-refractivity contribution is 5.85. The molecule has 2 rings (SSSR count). The smallest absolute Gasteiger partial charge is 0.310 e. The molecule has 0 atom stereocenters. The van der Waals surface area contributed by atoms with E-state index >= 15 is 0 Å². The Morgan fingerprint density at radius 2 is 2.15 bits per heavy atom. The lowest BCUT2D eigenvalue weighted by atomic mass is 9.82. The van der Waals surface area contributed by atoms with Gasteiger partial charge in [0.2, 0.25) is 5.91 Å². The Hall–Kier alpha value is -1.85. The number of aryl methyl sites for hydroxylation is 1. The van der Waals surface area contributed by atoms with Gasteiger partial charge in [0.25, 0.3) is 0 Å². The Bertz CT molecular complexity index is 490. The lowest BCUT2D eigenvalue weighted by Gasteiger charge is -2.22. The van der Waals surface area contributed by atoms with Gasteiger partial charge in [-0.3, -0.25) is 14.3 Å². The second-order valence-electron chi connectivity index (χ2n) is 5.52. The molecule has 1 aromatic rings. The standard InChI is InChI=1S/C14H21N3O3/c1-17-11(5-9-16-17)4-8-15-12(18)10-14(13(19)20)6-2-3-7-14/h5,9H,2-4,6-8,10H2,1H3,(H,15,18)(H,19,20). The number of hydrogen-bond donors (Lipinski definition) is 2. The van der Waals surface area contributed by atoms with Gasteiger partial charge in [0.05, 0.1) is 5.41 Å². The van der Waals surface area contributed by atoms with Crippen LogP contribution in [0.2, 0.25) is 0 Å². The van der Waals surface area contributed by atoms with Crippen molar-refractivity contribution in [1.82, 2.24) is 15.1 Å². The monoisotopic (exact) mass is 279 g/mol. The Morgan fingerprint density at radius 1 is 1.45 bits per heavy atom. The summed E-state index contributed by atoms with van der Waals surface area (Å²) >= 11 is 0. The number of aliphatic carboxylic acids is 1. The SMILES string of the molecule is Cn1nccc1CCNC(=O)CC1(C(=O)O)CCCC1. The minimum Gasteiger partial charge on any atom is -0.481 e. The topological polar surface area (TPSA) is 84.2 Å². The summed E-state index contributed by atoms with van der Waals surface area (Å²) in [7, 11) is 1.86.